The molecule has 0 aliphatic carbocycles. The van der Waals surface area contributed by atoms with E-state index in [1.165, 1.54) is 116 Å². The van der Waals surface area contributed by atoms with E-state index in [2.05, 4.69) is 43.5 Å². The summed E-state index contributed by atoms with van der Waals surface area (Å²) in [5.74, 6) is -0.209. The third-order valence-corrected chi connectivity index (χ3v) is 9.68. The maximum atomic E-state index is 12.7. The first-order valence-corrected chi connectivity index (χ1v) is 21.6. The van der Waals surface area contributed by atoms with Crippen molar-refractivity contribution in [3.8, 4) is 0 Å². The Kier molecular flexibility index (Phi) is 35.6. The van der Waals surface area contributed by atoms with Crippen LogP contribution >= 0.6 is 7.82 Å². The van der Waals surface area contributed by atoms with Crippen molar-refractivity contribution in [2.45, 2.75) is 193 Å². The second kappa shape index (κ2) is 36.5. The second-order valence-corrected chi connectivity index (χ2v) is 14.9. The maximum Gasteiger partial charge on any atom is 0.472 e. The molecule has 49 heavy (non-hydrogen) atoms. The number of rotatable bonds is 37. The van der Waals surface area contributed by atoms with Gasteiger partial charge in [0.25, 0.3) is 0 Å². The molecule has 0 aliphatic rings. The van der Waals surface area contributed by atoms with E-state index < -0.39 is 20.0 Å². The lowest BCUT2D eigenvalue weighted by Crippen LogP contribution is -2.45. The molecule has 288 valence electrons. The number of hydrogen-bond donors (Lipinski definition) is 4. The van der Waals surface area contributed by atoms with Gasteiger partial charge in [0.05, 0.1) is 25.4 Å². The quantitative estimate of drug-likeness (QED) is 0.0286. The van der Waals surface area contributed by atoms with Gasteiger partial charge in [0, 0.05) is 13.0 Å². The molecule has 0 heterocycles. The van der Waals surface area contributed by atoms with Gasteiger partial charge in [-0.05, 0) is 44.9 Å². The van der Waals surface area contributed by atoms with Gasteiger partial charge in [-0.3, -0.25) is 13.8 Å². The van der Waals surface area contributed by atoms with E-state index >= 15 is 0 Å². The predicted octanol–water partition coefficient (Wildman–Crippen LogP) is 10.8. The first-order chi connectivity index (χ1) is 23.9. The molecule has 0 aliphatic heterocycles. The molecule has 0 rings (SSSR count). The van der Waals surface area contributed by atoms with Crippen LogP contribution in [-0.4, -0.2) is 47.8 Å². The van der Waals surface area contributed by atoms with Crippen LogP contribution in [0.4, 0.5) is 0 Å². The van der Waals surface area contributed by atoms with Crippen molar-refractivity contribution in [1.29, 1.82) is 0 Å². The van der Waals surface area contributed by atoms with Gasteiger partial charge in [-0.25, -0.2) is 4.57 Å². The highest BCUT2D eigenvalue weighted by Crippen LogP contribution is 2.43. The standard InChI is InChI=1S/C40H77N2O6P/c1-3-5-7-9-11-13-15-17-18-19-20-22-23-25-27-29-31-33-39(43)38(37-48-49(45,46)47-36-35-41)42-40(44)34-32-30-28-26-24-21-16-14-12-10-8-6-4-2/h18-19,23,25,31,33,38-39,43H,3-17,20-22,24,26-30,32,34-37,41H2,1-2H3,(H,42,44)(H,45,46)/b19-18+,25-23+,33-31+. The molecule has 3 unspecified atom stereocenters. The van der Waals surface area contributed by atoms with Gasteiger partial charge >= 0.3 is 7.82 Å². The van der Waals surface area contributed by atoms with Crippen molar-refractivity contribution in [1.82, 2.24) is 5.32 Å². The van der Waals surface area contributed by atoms with Crippen molar-refractivity contribution >= 4 is 13.7 Å². The van der Waals surface area contributed by atoms with E-state index in [4.69, 9.17) is 14.8 Å². The monoisotopic (exact) mass is 713 g/mol. The smallest absolute Gasteiger partial charge is 0.387 e. The predicted molar refractivity (Wildman–Crippen MR) is 208 cm³/mol. The second-order valence-electron chi connectivity index (χ2n) is 13.5. The fraction of sp³-hybridized carbons (Fsp3) is 0.825. The van der Waals surface area contributed by atoms with Crippen LogP contribution in [0.1, 0.15) is 181 Å². The Balaban J connectivity index is 4.36. The number of nitrogens with one attached hydrogen (secondary N) is 1. The summed E-state index contributed by atoms with van der Waals surface area (Å²) < 4.78 is 22.0. The number of carbonyl (C=O) groups excluding carboxylic acids is 1. The number of aliphatic hydroxyl groups excluding tert-OH is 1. The first-order valence-electron chi connectivity index (χ1n) is 20.1. The van der Waals surface area contributed by atoms with Crippen LogP contribution in [-0.2, 0) is 18.4 Å². The fourth-order valence-corrected chi connectivity index (χ4v) is 6.39. The molecule has 0 spiro atoms. The SMILES string of the molecule is CCCCCCCCC/C=C/CC/C=C/CC/C=C/C(O)C(COP(=O)(O)OCCN)NC(=O)CCCCCCCCCCCCCCC. The van der Waals surface area contributed by atoms with Crippen LogP contribution in [0.3, 0.4) is 0 Å². The van der Waals surface area contributed by atoms with Crippen LogP contribution in [0.2, 0.25) is 0 Å². The zero-order valence-corrected chi connectivity index (χ0v) is 32.6. The number of nitrogens with two attached hydrogens (primary N) is 1. The Labute approximate surface area is 301 Å². The van der Waals surface area contributed by atoms with Gasteiger partial charge in [0.1, 0.15) is 0 Å². The molecule has 0 saturated heterocycles. The van der Waals surface area contributed by atoms with E-state index in [0.717, 1.165) is 44.9 Å². The third kappa shape index (κ3) is 34.9. The maximum absolute atomic E-state index is 12.7. The number of aliphatic hydroxyl groups is 1. The van der Waals surface area contributed by atoms with E-state index in [9.17, 15) is 19.4 Å². The van der Waals surface area contributed by atoms with Crippen molar-refractivity contribution in [2.75, 3.05) is 19.8 Å². The van der Waals surface area contributed by atoms with Crippen molar-refractivity contribution in [2.24, 2.45) is 5.73 Å². The van der Waals surface area contributed by atoms with Crippen LogP contribution < -0.4 is 11.1 Å². The summed E-state index contributed by atoms with van der Waals surface area (Å²) in [6, 6.07) is -0.879. The van der Waals surface area contributed by atoms with Gasteiger partial charge in [0.15, 0.2) is 0 Å². The number of phosphoric ester groups is 1. The number of allylic oxidation sites excluding steroid dienone is 5. The Bertz CT molecular complexity index is 866. The summed E-state index contributed by atoms with van der Waals surface area (Å²) in [5, 5.41) is 13.6. The average Bonchev–Trinajstić information content (AvgIpc) is 3.09. The molecular weight excluding hydrogens is 635 g/mol. The Morgan fingerprint density at radius 3 is 1.57 bits per heavy atom. The summed E-state index contributed by atoms with van der Waals surface area (Å²) >= 11 is 0. The van der Waals surface area contributed by atoms with Crippen LogP contribution in [0.25, 0.3) is 0 Å². The van der Waals surface area contributed by atoms with Crippen molar-refractivity contribution in [3.63, 3.8) is 0 Å². The number of unbranched alkanes of at least 4 members (excludes halogenated alkanes) is 21. The van der Waals surface area contributed by atoms with Crippen molar-refractivity contribution < 1.29 is 28.4 Å². The third-order valence-electron chi connectivity index (χ3n) is 8.70. The van der Waals surface area contributed by atoms with Crippen LogP contribution in [0.15, 0.2) is 36.5 Å². The van der Waals surface area contributed by atoms with E-state index in [-0.39, 0.29) is 25.7 Å². The minimum Gasteiger partial charge on any atom is -0.387 e. The lowest BCUT2D eigenvalue weighted by molar-refractivity contribution is -0.123. The van der Waals surface area contributed by atoms with E-state index in [0.29, 0.717) is 6.42 Å². The molecule has 1 amide bonds. The summed E-state index contributed by atoms with van der Waals surface area (Å²) in [4.78, 5) is 22.6. The highest BCUT2D eigenvalue weighted by atomic mass is 31.2. The summed E-state index contributed by atoms with van der Waals surface area (Å²) in [6.07, 6.45) is 41.9. The number of carbonyl (C=O) groups is 1. The van der Waals surface area contributed by atoms with Crippen LogP contribution in [0.5, 0.6) is 0 Å². The van der Waals surface area contributed by atoms with Gasteiger partial charge in [-0.15, -0.1) is 0 Å². The molecule has 0 radical (unpaired) electrons. The number of amides is 1. The molecule has 9 heteroatoms. The fourth-order valence-electron chi connectivity index (χ4n) is 5.63. The highest BCUT2D eigenvalue weighted by Gasteiger charge is 2.26. The largest absolute Gasteiger partial charge is 0.472 e. The molecule has 8 nitrogen and oxygen atoms in total. The molecule has 5 N–H and O–H groups in total. The van der Waals surface area contributed by atoms with Crippen molar-refractivity contribution in [3.05, 3.63) is 36.5 Å². The molecule has 0 aromatic heterocycles. The Morgan fingerprint density at radius 1 is 0.653 bits per heavy atom. The number of hydrogen-bond acceptors (Lipinski definition) is 6. The summed E-state index contributed by atoms with van der Waals surface area (Å²) in [7, 11) is -4.34. The van der Waals surface area contributed by atoms with Gasteiger partial charge in [-0.2, -0.15) is 0 Å². The molecule has 0 aromatic carbocycles. The molecular formula is C40H77N2O6P. The zero-order chi connectivity index (χ0) is 36.1. The minimum absolute atomic E-state index is 0.0724. The van der Waals surface area contributed by atoms with Gasteiger partial charge in [0.2, 0.25) is 5.91 Å². The van der Waals surface area contributed by atoms with Gasteiger partial charge in [-0.1, -0.05) is 166 Å². The summed E-state index contributed by atoms with van der Waals surface area (Å²) in [5.41, 5.74) is 5.36. The minimum atomic E-state index is -4.34. The van der Waals surface area contributed by atoms with E-state index in [1.807, 2.05) is 6.08 Å². The molecule has 0 saturated carbocycles. The molecule has 0 aromatic rings. The number of phosphoric acid groups is 1. The molecule has 0 bridgehead atoms. The summed E-state index contributed by atoms with van der Waals surface area (Å²) in [6.45, 7) is 4.09. The first kappa shape index (κ1) is 47.7. The lowest BCUT2D eigenvalue weighted by atomic mass is 10.0. The highest BCUT2D eigenvalue weighted by molar-refractivity contribution is 7.47. The Morgan fingerprint density at radius 2 is 1.08 bits per heavy atom. The lowest BCUT2D eigenvalue weighted by Gasteiger charge is -2.23. The van der Waals surface area contributed by atoms with E-state index in [1.54, 1.807) is 6.08 Å². The molecule has 0 fully saturated rings. The normalized spacial score (nSPS) is 14.6. The van der Waals surface area contributed by atoms with Gasteiger partial charge < -0.3 is 21.1 Å². The average molecular weight is 713 g/mol. The Hall–Kier alpha value is -1.28. The topological polar surface area (TPSA) is 131 Å². The van der Waals surface area contributed by atoms with Crippen LogP contribution in [0, 0.1) is 0 Å². The zero-order valence-electron chi connectivity index (χ0n) is 31.7. The molecule has 3 atom stereocenters.